The maximum Gasteiger partial charge on any atom is 0.330 e. The SMILES string of the molecule is Cc1ccc(C(=O)COC(=O)[C@H](C(C)C)N2C(=O)[C@@H]3[C@H](C2=O)[C@H]2C=C[C@H]3C2)cc1C. The summed E-state index contributed by atoms with van der Waals surface area (Å²) in [7, 11) is 0. The molecule has 30 heavy (non-hydrogen) atoms. The van der Waals surface area contributed by atoms with Crippen LogP contribution in [0.25, 0.3) is 0 Å². The van der Waals surface area contributed by atoms with Gasteiger partial charge in [0.1, 0.15) is 6.04 Å². The number of esters is 1. The molecule has 5 atom stereocenters. The van der Waals surface area contributed by atoms with Gasteiger partial charge >= 0.3 is 5.97 Å². The molecule has 2 fully saturated rings. The summed E-state index contributed by atoms with van der Waals surface area (Å²) < 4.78 is 5.30. The average Bonchev–Trinajstić information content (AvgIpc) is 3.38. The summed E-state index contributed by atoms with van der Waals surface area (Å²) in [5.74, 6) is -2.45. The van der Waals surface area contributed by atoms with Gasteiger partial charge in [-0.05, 0) is 55.2 Å². The molecule has 0 aromatic heterocycles. The van der Waals surface area contributed by atoms with Crippen LogP contribution >= 0.6 is 0 Å². The van der Waals surface area contributed by atoms with E-state index in [4.69, 9.17) is 4.74 Å². The Hall–Kier alpha value is -2.76. The molecule has 6 heteroatoms. The van der Waals surface area contributed by atoms with Gasteiger partial charge in [-0.2, -0.15) is 0 Å². The second-order valence-electron chi connectivity index (χ2n) is 9.07. The van der Waals surface area contributed by atoms with Crippen molar-refractivity contribution in [2.45, 2.75) is 40.2 Å². The Kier molecular flexibility index (Phi) is 5.12. The summed E-state index contributed by atoms with van der Waals surface area (Å²) in [6.07, 6.45) is 4.87. The number of likely N-dealkylation sites (tertiary alicyclic amines) is 1. The van der Waals surface area contributed by atoms with Gasteiger partial charge in [0.2, 0.25) is 11.8 Å². The monoisotopic (exact) mass is 409 g/mol. The number of aryl methyl sites for hydroxylation is 2. The predicted molar refractivity (Wildman–Crippen MR) is 109 cm³/mol. The average molecular weight is 409 g/mol. The summed E-state index contributed by atoms with van der Waals surface area (Å²) in [5, 5.41) is 0. The highest BCUT2D eigenvalue weighted by atomic mass is 16.5. The van der Waals surface area contributed by atoms with Crippen LogP contribution in [0.2, 0.25) is 0 Å². The van der Waals surface area contributed by atoms with E-state index in [0.29, 0.717) is 5.56 Å². The Morgan fingerprint density at radius 3 is 2.17 bits per heavy atom. The molecule has 2 bridgehead atoms. The van der Waals surface area contributed by atoms with Crippen LogP contribution in [-0.4, -0.2) is 41.1 Å². The molecule has 1 heterocycles. The number of hydrogen-bond acceptors (Lipinski definition) is 5. The molecule has 1 saturated heterocycles. The molecule has 1 aromatic rings. The van der Waals surface area contributed by atoms with E-state index >= 15 is 0 Å². The molecule has 6 nitrogen and oxygen atoms in total. The Labute approximate surface area is 176 Å². The molecule has 2 aliphatic carbocycles. The van der Waals surface area contributed by atoms with Crippen molar-refractivity contribution in [2.24, 2.45) is 29.6 Å². The number of carbonyl (C=O) groups is 4. The lowest BCUT2D eigenvalue weighted by Crippen LogP contribution is -2.50. The minimum absolute atomic E-state index is 0.0802. The quantitative estimate of drug-likeness (QED) is 0.312. The fourth-order valence-electron chi connectivity index (χ4n) is 5.10. The van der Waals surface area contributed by atoms with E-state index in [1.165, 1.54) is 0 Å². The van der Waals surface area contributed by atoms with E-state index in [1.54, 1.807) is 26.0 Å². The van der Waals surface area contributed by atoms with Gasteiger partial charge in [-0.15, -0.1) is 0 Å². The molecular formula is C24H27NO5. The van der Waals surface area contributed by atoms with Crippen molar-refractivity contribution in [3.63, 3.8) is 0 Å². The standard InChI is InChI=1S/C24H27NO5/c1-12(2)21(24(29)30-11-18(26)15-6-5-13(3)14(4)9-15)25-22(27)19-16-7-8-17(10-16)20(19)23(25)28/h5-9,12,16-17,19-21H,10-11H2,1-4H3/t16-,17-,19-,20+,21-/m0/s1. The molecule has 0 unspecified atom stereocenters. The highest BCUT2D eigenvalue weighted by Crippen LogP contribution is 2.53. The lowest BCUT2D eigenvalue weighted by Gasteiger charge is -2.28. The lowest BCUT2D eigenvalue weighted by atomic mass is 9.85. The summed E-state index contributed by atoms with van der Waals surface area (Å²) in [6, 6.07) is 4.31. The number of amides is 2. The number of rotatable bonds is 6. The van der Waals surface area contributed by atoms with Crippen molar-refractivity contribution in [1.29, 1.82) is 0 Å². The zero-order valence-corrected chi connectivity index (χ0v) is 17.8. The van der Waals surface area contributed by atoms with Crippen LogP contribution in [-0.2, 0) is 19.1 Å². The van der Waals surface area contributed by atoms with E-state index in [2.05, 4.69) is 0 Å². The number of ketones is 1. The molecule has 4 rings (SSSR count). The predicted octanol–water partition coefficient (Wildman–Crippen LogP) is 2.86. The fourth-order valence-corrected chi connectivity index (χ4v) is 5.10. The third kappa shape index (κ3) is 3.18. The zero-order chi connectivity index (χ0) is 21.7. The Morgan fingerprint density at radius 2 is 1.63 bits per heavy atom. The van der Waals surface area contributed by atoms with Gasteiger partial charge in [0.15, 0.2) is 12.4 Å². The molecule has 0 radical (unpaired) electrons. The number of allylic oxidation sites excluding steroid dienone is 2. The molecule has 1 aliphatic heterocycles. The topological polar surface area (TPSA) is 80.8 Å². The fraction of sp³-hybridized carbons (Fsp3) is 0.500. The number of fused-ring (bicyclic) bond motifs is 5. The number of ether oxygens (including phenoxy) is 1. The summed E-state index contributed by atoms with van der Waals surface area (Å²) in [6.45, 7) is 7.01. The van der Waals surface area contributed by atoms with Gasteiger partial charge in [-0.1, -0.05) is 38.1 Å². The third-order valence-electron chi connectivity index (χ3n) is 6.83. The normalized spacial score (nSPS) is 27.7. The van der Waals surface area contributed by atoms with Crippen molar-refractivity contribution in [3.8, 4) is 0 Å². The van der Waals surface area contributed by atoms with E-state index in [9.17, 15) is 19.2 Å². The number of hydrogen-bond donors (Lipinski definition) is 0. The smallest absolute Gasteiger partial charge is 0.330 e. The summed E-state index contributed by atoms with van der Waals surface area (Å²) >= 11 is 0. The van der Waals surface area contributed by atoms with Crippen LogP contribution in [0.3, 0.4) is 0 Å². The summed E-state index contributed by atoms with van der Waals surface area (Å²) in [5.41, 5.74) is 2.52. The first-order valence-electron chi connectivity index (χ1n) is 10.5. The lowest BCUT2D eigenvalue weighted by molar-refractivity contribution is -0.160. The van der Waals surface area contributed by atoms with Crippen LogP contribution in [0.1, 0.15) is 41.8 Å². The number of carbonyl (C=O) groups excluding carboxylic acids is 4. The second-order valence-corrected chi connectivity index (χ2v) is 9.07. The van der Waals surface area contributed by atoms with Crippen molar-refractivity contribution >= 4 is 23.6 Å². The minimum atomic E-state index is -1.01. The van der Waals surface area contributed by atoms with E-state index in [0.717, 1.165) is 22.4 Å². The molecule has 2 amide bonds. The Morgan fingerprint density at radius 1 is 1.03 bits per heavy atom. The van der Waals surface area contributed by atoms with Gasteiger partial charge in [-0.3, -0.25) is 19.3 Å². The number of benzene rings is 1. The number of Topliss-reactive ketones (excluding diaryl/α,β-unsaturated/α-hetero) is 1. The molecule has 1 aromatic carbocycles. The van der Waals surface area contributed by atoms with Crippen molar-refractivity contribution in [1.82, 2.24) is 4.90 Å². The van der Waals surface area contributed by atoms with Gasteiger partial charge < -0.3 is 4.74 Å². The zero-order valence-electron chi connectivity index (χ0n) is 17.8. The van der Waals surface area contributed by atoms with Crippen LogP contribution < -0.4 is 0 Å². The van der Waals surface area contributed by atoms with Crippen LogP contribution in [0.15, 0.2) is 30.4 Å². The maximum atomic E-state index is 13.1. The molecule has 1 saturated carbocycles. The highest BCUT2D eigenvalue weighted by Gasteiger charge is 2.61. The van der Waals surface area contributed by atoms with Crippen molar-refractivity contribution in [2.75, 3.05) is 6.61 Å². The van der Waals surface area contributed by atoms with Crippen molar-refractivity contribution in [3.05, 3.63) is 47.0 Å². The first kappa shape index (κ1) is 20.5. The van der Waals surface area contributed by atoms with Gasteiger partial charge in [0.25, 0.3) is 0 Å². The second kappa shape index (κ2) is 7.49. The number of nitrogens with zero attached hydrogens (tertiary/aromatic N) is 1. The molecule has 3 aliphatic rings. The Bertz CT molecular complexity index is 932. The molecule has 0 spiro atoms. The first-order valence-corrected chi connectivity index (χ1v) is 10.5. The third-order valence-corrected chi connectivity index (χ3v) is 6.83. The largest absolute Gasteiger partial charge is 0.456 e. The molecule has 0 N–H and O–H groups in total. The minimum Gasteiger partial charge on any atom is -0.456 e. The van der Waals surface area contributed by atoms with Gasteiger partial charge in [0, 0.05) is 5.56 Å². The van der Waals surface area contributed by atoms with Gasteiger partial charge in [-0.25, -0.2) is 4.79 Å². The molecular weight excluding hydrogens is 382 g/mol. The van der Waals surface area contributed by atoms with Gasteiger partial charge in [0.05, 0.1) is 11.8 Å². The van der Waals surface area contributed by atoms with Crippen LogP contribution in [0.4, 0.5) is 0 Å². The van der Waals surface area contributed by atoms with E-state index < -0.39 is 18.6 Å². The first-order chi connectivity index (χ1) is 14.2. The van der Waals surface area contributed by atoms with Crippen LogP contribution in [0.5, 0.6) is 0 Å². The summed E-state index contributed by atoms with van der Waals surface area (Å²) in [4.78, 5) is 52.6. The molecule has 158 valence electrons. The maximum absolute atomic E-state index is 13.1. The highest BCUT2D eigenvalue weighted by molar-refractivity contribution is 6.09. The van der Waals surface area contributed by atoms with E-state index in [1.807, 2.05) is 32.1 Å². The van der Waals surface area contributed by atoms with Crippen molar-refractivity contribution < 1.29 is 23.9 Å². The number of imide groups is 1. The van der Waals surface area contributed by atoms with E-state index in [-0.39, 0.29) is 47.2 Å². The van der Waals surface area contributed by atoms with Crippen LogP contribution in [0, 0.1) is 43.4 Å². The Balaban J connectivity index is 1.47.